The summed E-state index contributed by atoms with van der Waals surface area (Å²) in [5, 5.41) is 0. The average Bonchev–Trinajstić information content (AvgIpc) is 2.91. The molecule has 1 aliphatic rings. The molecule has 0 spiro atoms. The highest BCUT2D eigenvalue weighted by molar-refractivity contribution is 5.27. The predicted molar refractivity (Wildman–Crippen MR) is 75.6 cm³/mol. The molecule has 0 fully saturated rings. The lowest BCUT2D eigenvalue weighted by atomic mass is 10.0. The third kappa shape index (κ3) is 2.34. The van der Waals surface area contributed by atoms with E-state index in [-0.39, 0.29) is 11.9 Å². The van der Waals surface area contributed by atoms with Gasteiger partial charge in [0.1, 0.15) is 11.6 Å². The van der Waals surface area contributed by atoms with Gasteiger partial charge in [-0.1, -0.05) is 17.7 Å². The Morgan fingerprint density at radius 2 is 2.25 bits per heavy atom. The Kier molecular flexibility index (Phi) is 3.54. The summed E-state index contributed by atoms with van der Waals surface area (Å²) < 4.78 is 16.2. The maximum atomic E-state index is 14.1. The first kappa shape index (κ1) is 13.3. The maximum Gasteiger partial charge on any atom is 0.128 e. The van der Waals surface area contributed by atoms with Crippen LogP contribution in [0, 0.1) is 12.7 Å². The van der Waals surface area contributed by atoms with Gasteiger partial charge in [-0.3, -0.25) is 4.90 Å². The normalized spacial score (nSPS) is 16.9. The summed E-state index contributed by atoms with van der Waals surface area (Å²) >= 11 is 0. The van der Waals surface area contributed by atoms with Crippen molar-refractivity contribution in [1.29, 1.82) is 0 Å². The van der Waals surface area contributed by atoms with E-state index in [9.17, 15) is 4.39 Å². The number of nitrogens with zero attached hydrogens (tertiary/aromatic N) is 3. The molecule has 0 bridgehead atoms. The first-order chi connectivity index (χ1) is 9.69. The third-order valence-electron chi connectivity index (χ3n) is 3.95. The van der Waals surface area contributed by atoms with Gasteiger partial charge < -0.3 is 10.3 Å². The van der Waals surface area contributed by atoms with E-state index >= 15 is 0 Å². The van der Waals surface area contributed by atoms with Gasteiger partial charge in [-0.2, -0.15) is 0 Å². The smallest absolute Gasteiger partial charge is 0.128 e. The molecule has 3 rings (SSSR count). The lowest BCUT2D eigenvalue weighted by Gasteiger charge is -2.34. The molecule has 106 valence electrons. The van der Waals surface area contributed by atoms with E-state index in [1.54, 1.807) is 6.07 Å². The van der Waals surface area contributed by atoms with Crippen molar-refractivity contribution in [2.45, 2.75) is 26.1 Å². The fourth-order valence-electron chi connectivity index (χ4n) is 2.85. The minimum Gasteiger partial charge on any atom is -0.333 e. The van der Waals surface area contributed by atoms with E-state index in [1.165, 1.54) is 6.07 Å². The number of hydrogen-bond acceptors (Lipinski definition) is 3. The summed E-state index contributed by atoms with van der Waals surface area (Å²) in [7, 11) is 0. The topological polar surface area (TPSA) is 47.1 Å². The van der Waals surface area contributed by atoms with Crippen LogP contribution in [0.25, 0.3) is 0 Å². The van der Waals surface area contributed by atoms with Crippen molar-refractivity contribution in [3.8, 4) is 0 Å². The molecular formula is C15H19FN4. The van der Waals surface area contributed by atoms with Crippen LogP contribution in [0.3, 0.4) is 0 Å². The van der Waals surface area contributed by atoms with Crippen molar-refractivity contribution in [3.63, 3.8) is 0 Å². The summed E-state index contributed by atoms with van der Waals surface area (Å²) in [4.78, 5) is 6.55. The average molecular weight is 274 g/mol. The van der Waals surface area contributed by atoms with Gasteiger partial charge >= 0.3 is 0 Å². The minimum atomic E-state index is -0.181. The van der Waals surface area contributed by atoms with Crippen molar-refractivity contribution < 1.29 is 4.39 Å². The second-order valence-electron chi connectivity index (χ2n) is 5.28. The van der Waals surface area contributed by atoms with Crippen LogP contribution in [0.15, 0.2) is 30.6 Å². The second-order valence-corrected chi connectivity index (χ2v) is 5.28. The van der Waals surface area contributed by atoms with Gasteiger partial charge in [0.2, 0.25) is 0 Å². The Morgan fingerprint density at radius 1 is 1.40 bits per heavy atom. The Labute approximate surface area is 118 Å². The van der Waals surface area contributed by atoms with Crippen LogP contribution in [0.1, 0.15) is 23.0 Å². The zero-order valence-corrected chi connectivity index (χ0v) is 11.6. The molecule has 0 saturated heterocycles. The molecule has 2 aromatic rings. The van der Waals surface area contributed by atoms with E-state index in [1.807, 2.05) is 25.4 Å². The summed E-state index contributed by atoms with van der Waals surface area (Å²) in [6, 6.07) is 5.11. The summed E-state index contributed by atoms with van der Waals surface area (Å²) in [5.74, 6) is 0.836. The van der Waals surface area contributed by atoms with Gasteiger partial charge in [0.15, 0.2) is 0 Å². The molecule has 1 aromatic carbocycles. The standard InChI is InChI=1S/C15H19FN4/c1-11-2-3-13(16)12(8-11)14(9-17)20-7-6-19-5-4-18-15(19)10-20/h2-5,8,14H,6-7,9-10,17H2,1H3. The highest BCUT2D eigenvalue weighted by Gasteiger charge is 2.26. The number of fused-ring (bicyclic) bond motifs is 1. The van der Waals surface area contributed by atoms with Gasteiger partial charge in [-0.05, 0) is 13.0 Å². The Balaban J connectivity index is 1.89. The predicted octanol–water partition coefficient (Wildman–Crippen LogP) is 1.85. The van der Waals surface area contributed by atoms with Crippen molar-refractivity contribution in [2.24, 2.45) is 5.73 Å². The first-order valence-electron chi connectivity index (χ1n) is 6.89. The number of aryl methyl sites for hydroxylation is 1. The molecule has 5 heteroatoms. The molecular weight excluding hydrogens is 255 g/mol. The molecule has 0 amide bonds. The van der Waals surface area contributed by atoms with Crippen LogP contribution in [0.5, 0.6) is 0 Å². The lowest BCUT2D eigenvalue weighted by molar-refractivity contribution is 0.153. The lowest BCUT2D eigenvalue weighted by Crippen LogP contribution is -2.40. The fourth-order valence-corrected chi connectivity index (χ4v) is 2.85. The number of rotatable bonds is 3. The summed E-state index contributed by atoms with van der Waals surface area (Å²) in [6.07, 6.45) is 3.79. The molecule has 1 atom stereocenters. The Morgan fingerprint density at radius 3 is 3.05 bits per heavy atom. The second kappa shape index (κ2) is 5.34. The quantitative estimate of drug-likeness (QED) is 0.929. The molecule has 1 unspecified atom stereocenters. The molecule has 1 aliphatic heterocycles. The largest absolute Gasteiger partial charge is 0.333 e. The van der Waals surface area contributed by atoms with Crippen LogP contribution < -0.4 is 5.73 Å². The Hall–Kier alpha value is -1.72. The van der Waals surface area contributed by atoms with Crippen LogP contribution in [0.2, 0.25) is 0 Å². The number of benzene rings is 1. The van der Waals surface area contributed by atoms with Crippen molar-refractivity contribution in [2.75, 3.05) is 13.1 Å². The molecule has 2 N–H and O–H groups in total. The van der Waals surface area contributed by atoms with E-state index in [4.69, 9.17) is 5.73 Å². The SMILES string of the molecule is Cc1ccc(F)c(C(CN)N2CCn3ccnc3C2)c1. The van der Waals surface area contributed by atoms with Crippen molar-refractivity contribution in [3.05, 3.63) is 53.4 Å². The number of imidazole rings is 1. The molecule has 4 nitrogen and oxygen atoms in total. The molecule has 0 saturated carbocycles. The van der Waals surface area contributed by atoms with Crippen LogP contribution in [-0.4, -0.2) is 27.5 Å². The summed E-state index contributed by atoms with van der Waals surface area (Å²) in [6.45, 7) is 4.82. The van der Waals surface area contributed by atoms with Gasteiger partial charge in [0.25, 0.3) is 0 Å². The monoisotopic (exact) mass is 274 g/mol. The van der Waals surface area contributed by atoms with Gasteiger partial charge in [0.05, 0.1) is 12.6 Å². The van der Waals surface area contributed by atoms with Crippen LogP contribution in [0.4, 0.5) is 4.39 Å². The number of halogens is 1. The molecule has 0 radical (unpaired) electrons. The summed E-state index contributed by atoms with van der Waals surface area (Å²) in [5.41, 5.74) is 7.66. The van der Waals surface area contributed by atoms with E-state index in [0.717, 1.165) is 24.5 Å². The van der Waals surface area contributed by atoms with Crippen LogP contribution in [-0.2, 0) is 13.1 Å². The molecule has 0 aliphatic carbocycles. The zero-order chi connectivity index (χ0) is 14.1. The molecule has 1 aromatic heterocycles. The highest BCUT2D eigenvalue weighted by atomic mass is 19.1. The number of nitrogens with two attached hydrogens (primary N) is 1. The Bertz CT molecular complexity index is 608. The first-order valence-corrected chi connectivity index (χ1v) is 6.89. The van der Waals surface area contributed by atoms with E-state index < -0.39 is 0 Å². The highest BCUT2D eigenvalue weighted by Crippen LogP contribution is 2.26. The molecule has 20 heavy (non-hydrogen) atoms. The zero-order valence-electron chi connectivity index (χ0n) is 11.6. The van der Waals surface area contributed by atoms with Gasteiger partial charge in [0, 0.05) is 37.6 Å². The molecule has 2 heterocycles. The van der Waals surface area contributed by atoms with E-state index in [2.05, 4.69) is 14.5 Å². The minimum absolute atomic E-state index is 0.0969. The van der Waals surface area contributed by atoms with Gasteiger partial charge in [-0.25, -0.2) is 9.37 Å². The number of aromatic nitrogens is 2. The maximum absolute atomic E-state index is 14.1. The van der Waals surface area contributed by atoms with E-state index in [0.29, 0.717) is 18.7 Å². The van der Waals surface area contributed by atoms with Crippen molar-refractivity contribution in [1.82, 2.24) is 14.5 Å². The van der Waals surface area contributed by atoms with Crippen molar-refractivity contribution >= 4 is 0 Å². The van der Waals surface area contributed by atoms with Crippen LogP contribution >= 0.6 is 0 Å². The van der Waals surface area contributed by atoms with Gasteiger partial charge in [-0.15, -0.1) is 0 Å². The number of hydrogen-bond donors (Lipinski definition) is 1. The third-order valence-corrected chi connectivity index (χ3v) is 3.95. The fraction of sp³-hybridized carbons (Fsp3) is 0.400.